The number of amides is 1. The second-order valence-electron chi connectivity index (χ2n) is 8.25. The molecule has 25 heavy (non-hydrogen) atoms. The highest BCUT2D eigenvalue weighted by Crippen LogP contribution is 2.48. The number of carbonyl (C=O) groups excluding carboxylic acids is 1. The molecule has 1 amide bonds. The first-order valence-electron chi connectivity index (χ1n) is 9.16. The van der Waals surface area contributed by atoms with Crippen LogP contribution in [-0.4, -0.2) is 54.0 Å². The maximum atomic E-state index is 13.2. The molecule has 4 rings (SSSR count). The predicted molar refractivity (Wildman–Crippen MR) is 96.6 cm³/mol. The molecular formula is C19H26N2O3S. The third kappa shape index (κ3) is 3.10. The van der Waals surface area contributed by atoms with Gasteiger partial charge in [-0.2, -0.15) is 4.31 Å². The first-order chi connectivity index (χ1) is 11.8. The molecule has 3 aliphatic rings. The Morgan fingerprint density at radius 3 is 2.40 bits per heavy atom. The molecule has 3 fully saturated rings. The summed E-state index contributed by atoms with van der Waals surface area (Å²) in [6.45, 7) is 5.30. The van der Waals surface area contributed by atoms with Crippen LogP contribution in [0.5, 0.6) is 0 Å². The van der Waals surface area contributed by atoms with E-state index in [2.05, 4.69) is 0 Å². The van der Waals surface area contributed by atoms with E-state index >= 15 is 0 Å². The molecule has 1 aromatic carbocycles. The first kappa shape index (κ1) is 17.0. The van der Waals surface area contributed by atoms with Gasteiger partial charge in [-0.25, -0.2) is 8.42 Å². The summed E-state index contributed by atoms with van der Waals surface area (Å²) in [6, 6.07) is 9.90. The van der Waals surface area contributed by atoms with Crippen LogP contribution in [0.25, 0.3) is 0 Å². The number of hydrogen-bond acceptors (Lipinski definition) is 3. The van der Waals surface area contributed by atoms with Crippen LogP contribution in [0.4, 0.5) is 0 Å². The molecule has 2 saturated carbocycles. The average molecular weight is 362 g/mol. The lowest BCUT2D eigenvalue weighted by molar-refractivity contribution is -0.136. The van der Waals surface area contributed by atoms with Gasteiger partial charge in [-0.1, -0.05) is 30.3 Å². The van der Waals surface area contributed by atoms with Crippen LogP contribution < -0.4 is 0 Å². The molecule has 1 heterocycles. The van der Waals surface area contributed by atoms with Crippen LogP contribution in [0.1, 0.15) is 44.6 Å². The lowest BCUT2D eigenvalue weighted by Crippen LogP contribution is -2.62. The van der Waals surface area contributed by atoms with Gasteiger partial charge < -0.3 is 4.90 Å². The normalized spacial score (nSPS) is 29.4. The zero-order chi connectivity index (χ0) is 17.8. The summed E-state index contributed by atoms with van der Waals surface area (Å²) in [6.07, 6.45) is 2.67. The highest BCUT2D eigenvalue weighted by molar-refractivity contribution is 7.90. The van der Waals surface area contributed by atoms with Gasteiger partial charge in [0.25, 0.3) is 0 Å². The summed E-state index contributed by atoms with van der Waals surface area (Å²) in [4.78, 5) is 14.2. The molecule has 1 aromatic rings. The Balaban J connectivity index is 1.48. The molecule has 2 aliphatic carbocycles. The zero-order valence-electron chi connectivity index (χ0n) is 14.9. The Morgan fingerprint density at radius 1 is 1.12 bits per heavy atom. The molecule has 2 unspecified atom stereocenters. The van der Waals surface area contributed by atoms with E-state index < -0.39 is 15.6 Å². The summed E-state index contributed by atoms with van der Waals surface area (Å²) in [5.41, 5.74) is 0.558. The maximum absolute atomic E-state index is 13.2. The highest BCUT2D eigenvalue weighted by Gasteiger charge is 2.54. The third-order valence-electron chi connectivity index (χ3n) is 5.71. The molecule has 0 N–H and O–H groups in total. The fraction of sp³-hybridized carbons (Fsp3) is 0.632. The number of sulfonamides is 1. The molecule has 0 radical (unpaired) electrons. The summed E-state index contributed by atoms with van der Waals surface area (Å²) in [5.74, 6) is 0.497. The Kier molecular flexibility index (Phi) is 3.96. The molecule has 0 spiro atoms. The first-order valence-corrected chi connectivity index (χ1v) is 10.7. The molecule has 136 valence electrons. The fourth-order valence-electron chi connectivity index (χ4n) is 4.10. The largest absolute Gasteiger partial charge is 0.339 e. The van der Waals surface area contributed by atoms with Crippen molar-refractivity contribution in [1.29, 1.82) is 0 Å². The van der Waals surface area contributed by atoms with Gasteiger partial charge in [0.15, 0.2) is 0 Å². The van der Waals surface area contributed by atoms with Gasteiger partial charge in [-0.15, -0.1) is 0 Å². The summed E-state index contributed by atoms with van der Waals surface area (Å²) in [5, 5.41) is -0.320. The van der Waals surface area contributed by atoms with Crippen molar-refractivity contribution in [1.82, 2.24) is 9.21 Å². The van der Waals surface area contributed by atoms with E-state index in [1.165, 1.54) is 0 Å². The van der Waals surface area contributed by atoms with Gasteiger partial charge in [-0.05, 0) is 38.7 Å². The second kappa shape index (κ2) is 5.81. The van der Waals surface area contributed by atoms with Crippen molar-refractivity contribution in [2.75, 3.05) is 19.6 Å². The van der Waals surface area contributed by atoms with Gasteiger partial charge in [-0.3, -0.25) is 4.79 Å². The van der Waals surface area contributed by atoms with Crippen molar-refractivity contribution < 1.29 is 13.2 Å². The molecular weight excluding hydrogens is 336 g/mol. The monoisotopic (exact) mass is 362 g/mol. The van der Waals surface area contributed by atoms with Crippen LogP contribution >= 0.6 is 0 Å². The molecule has 1 saturated heterocycles. The summed E-state index contributed by atoms with van der Waals surface area (Å²) in [7, 11) is -3.35. The van der Waals surface area contributed by atoms with Gasteiger partial charge in [0.2, 0.25) is 15.9 Å². The van der Waals surface area contributed by atoms with Gasteiger partial charge in [0.05, 0.1) is 5.25 Å². The fourth-order valence-corrected chi connectivity index (χ4v) is 6.54. The van der Waals surface area contributed by atoms with E-state index in [4.69, 9.17) is 0 Å². The quantitative estimate of drug-likeness (QED) is 0.825. The van der Waals surface area contributed by atoms with Crippen LogP contribution in [0.3, 0.4) is 0 Å². The van der Waals surface area contributed by atoms with Crippen molar-refractivity contribution in [3.63, 3.8) is 0 Å². The standard InChI is InChI=1S/C19H26N2O3S/c1-19(2)13-20(18(22)15-8-9-15)10-11-21(19)25(23,24)17-12-16(17)14-6-4-3-5-7-14/h3-7,15-17H,8-13H2,1-2H3. The molecule has 6 heteroatoms. The Hall–Kier alpha value is -1.40. The number of benzene rings is 1. The smallest absolute Gasteiger partial charge is 0.225 e. The van der Waals surface area contributed by atoms with E-state index in [0.29, 0.717) is 26.1 Å². The number of hydrogen-bond donors (Lipinski definition) is 0. The number of piperazine rings is 1. The second-order valence-corrected chi connectivity index (χ2v) is 10.3. The van der Waals surface area contributed by atoms with Crippen molar-refractivity contribution in [2.45, 2.75) is 49.8 Å². The molecule has 1 aliphatic heterocycles. The summed E-state index contributed by atoms with van der Waals surface area (Å²) >= 11 is 0. The lowest BCUT2D eigenvalue weighted by atomic mass is 10.0. The molecule has 0 aromatic heterocycles. The van der Waals surface area contributed by atoms with Gasteiger partial charge in [0, 0.05) is 37.0 Å². The van der Waals surface area contributed by atoms with Crippen LogP contribution in [0.15, 0.2) is 30.3 Å². The van der Waals surface area contributed by atoms with E-state index in [9.17, 15) is 13.2 Å². The minimum Gasteiger partial charge on any atom is -0.339 e. The van der Waals surface area contributed by atoms with Crippen molar-refractivity contribution in [2.24, 2.45) is 5.92 Å². The Bertz CT molecular complexity index is 771. The SMILES string of the molecule is CC1(C)CN(C(=O)C2CC2)CCN1S(=O)(=O)C1CC1c1ccccc1. The molecule has 5 nitrogen and oxygen atoms in total. The third-order valence-corrected chi connectivity index (χ3v) is 8.29. The van der Waals surface area contributed by atoms with E-state index in [1.54, 1.807) is 4.31 Å². The molecule has 0 bridgehead atoms. The van der Waals surface area contributed by atoms with E-state index in [1.807, 2.05) is 49.1 Å². The average Bonchev–Trinajstić information content (AvgIpc) is 3.47. The zero-order valence-corrected chi connectivity index (χ0v) is 15.7. The van der Waals surface area contributed by atoms with Gasteiger partial charge >= 0.3 is 0 Å². The van der Waals surface area contributed by atoms with E-state index in [-0.39, 0.29) is 23.0 Å². The van der Waals surface area contributed by atoms with Crippen molar-refractivity contribution in [3.8, 4) is 0 Å². The van der Waals surface area contributed by atoms with Crippen LogP contribution in [0, 0.1) is 5.92 Å². The summed E-state index contributed by atoms with van der Waals surface area (Å²) < 4.78 is 28.0. The predicted octanol–water partition coefficient (Wildman–Crippen LogP) is 2.21. The van der Waals surface area contributed by atoms with Crippen LogP contribution in [0.2, 0.25) is 0 Å². The Morgan fingerprint density at radius 2 is 1.80 bits per heavy atom. The number of rotatable bonds is 4. The number of nitrogens with zero attached hydrogens (tertiary/aromatic N) is 2. The van der Waals surface area contributed by atoms with Crippen LogP contribution in [-0.2, 0) is 14.8 Å². The topological polar surface area (TPSA) is 57.7 Å². The van der Waals surface area contributed by atoms with Crippen molar-refractivity contribution in [3.05, 3.63) is 35.9 Å². The van der Waals surface area contributed by atoms with E-state index in [0.717, 1.165) is 18.4 Å². The Labute approximate surface area is 150 Å². The van der Waals surface area contributed by atoms with Gasteiger partial charge in [0.1, 0.15) is 0 Å². The van der Waals surface area contributed by atoms with Crippen molar-refractivity contribution >= 4 is 15.9 Å². The molecule has 2 atom stereocenters. The minimum absolute atomic E-state index is 0.105. The number of carbonyl (C=O) groups is 1. The maximum Gasteiger partial charge on any atom is 0.225 e. The lowest BCUT2D eigenvalue weighted by Gasteiger charge is -2.46. The minimum atomic E-state index is -3.35. The highest BCUT2D eigenvalue weighted by atomic mass is 32.2.